The van der Waals surface area contributed by atoms with Gasteiger partial charge in [0.2, 0.25) is 5.91 Å². The van der Waals surface area contributed by atoms with Gasteiger partial charge in [-0.1, -0.05) is 6.07 Å². The molecule has 3 rings (SSSR count). The Hall–Kier alpha value is -2.89. The quantitative estimate of drug-likeness (QED) is 0.911. The van der Waals surface area contributed by atoms with Crippen LogP contribution < -0.4 is 15.5 Å². The molecular weight excluding hydrogens is 304 g/mol. The lowest BCUT2D eigenvalue weighted by atomic mass is 10.1. The highest BCUT2D eigenvalue weighted by Crippen LogP contribution is 2.24. The molecule has 124 valence electrons. The van der Waals surface area contributed by atoms with Crippen molar-refractivity contribution in [3.8, 4) is 0 Å². The Labute approximate surface area is 140 Å². The van der Waals surface area contributed by atoms with Gasteiger partial charge in [-0.25, -0.2) is 4.79 Å². The molecule has 1 aliphatic heterocycles. The molecule has 2 aromatic rings. The topological polar surface area (TPSA) is 74.3 Å². The third-order valence-corrected chi connectivity index (χ3v) is 4.20. The summed E-state index contributed by atoms with van der Waals surface area (Å²) in [7, 11) is 0. The van der Waals surface area contributed by atoms with Crippen molar-refractivity contribution in [3.63, 3.8) is 0 Å². The fourth-order valence-electron chi connectivity index (χ4n) is 2.74. The van der Waals surface area contributed by atoms with Crippen molar-refractivity contribution in [2.24, 2.45) is 0 Å². The zero-order valence-electron chi connectivity index (χ0n) is 13.7. The highest BCUT2D eigenvalue weighted by molar-refractivity contribution is 5.97. The first-order valence-corrected chi connectivity index (χ1v) is 7.88. The summed E-state index contributed by atoms with van der Waals surface area (Å²) in [4.78, 5) is 29.9. The van der Waals surface area contributed by atoms with Crippen LogP contribution in [-0.4, -0.2) is 29.5 Å². The van der Waals surface area contributed by atoms with E-state index in [1.165, 1.54) is 5.56 Å². The van der Waals surface area contributed by atoms with Crippen LogP contribution in [0.2, 0.25) is 0 Å². The van der Waals surface area contributed by atoms with Crippen LogP contribution in [-0.2, 0) is 4.79 Å². The second-order valence-electron chi connectivity index (χ2n) is 6.01. The highest BCUT2D eigenvalue weighted by Gasteiger charge is 2.31. The van der Waals surface area contributed by atoms with Gasteiger partial charge in [0.25, 0.3) is 0 Å². The van der Waals surface area contributed by atoms with Crippen molar-refractivity contribution < 1.29 is 9.59 Å². The molecule has 1 atom stereocenters. The molecule has 2 N–H and O–H groups in total. The number of carbonyl (C=O) groups excluding carboxylic acids is 2. The second kappa shape index (κ2) is 6.70. The summed E-state index contributed by atoms with van der Waals surface area (Å²) in [5.74, 6) is 0.0208. The number of pyridine rings is 1. The van der Waals surface area contributed by atoms with Gasteiger partial charge < -0.3 is 15.5 Å². The SMILES string of the molecule is Cc1ccc(N2C[C@@H](NC(=O)Nc3ccncc3)CC2=O)cc1C. The summed E-state index contributed by atoms with van der Waals surface area (Å²) in [5, 5.41) is 5.59. The molecule has 1 aliphatic rings. The molecule has 0 bridgehead atoms. The Bertz CT molecular complexity index is 761. The lowest BCUT2D eigenvalue weighted by molar-refractivity contribution is -0.117. The van der Waals surface area contributed by atoms with Crippen molar-refractivity contribution in [1.29, 1.82) is 0 Å². The molecule has 24 heavy (non-hydrogen) atoms. The van der Waals surface area contributed by atoms with Crippen molar-refractivity contribution in [2.75, 3.05) is 16.8 Å². The summed E-state index contributed by atoms with van der Waals surface area (Å²) in [5.41, 5.74) is 3.88. The van der Waals surface area contributed by atoms with Crippen LogP contribution in [0, 0.1) is 13.8 Å². The zero-order chi connectivity index (χ0) is 17.1. The van der Waals surface area contributed by atoms with E-state index < -0.39 is 0 Å². The van der Waals surface area contributed by atoms with Crippen molar-refractivity contribution in [3.05, 3.63) is 53.9 Å². The Morgan fingerprint density at radius 3 is 2.62 bits per heavy atom. The van der Waals surface area contributed by atoms with E-state index >= 15 is 0 Å². The molecule has 1 saturated heterocycles. The van der Waals surface area contributed by atoms with Gasteiger partial charge in [-0.2, -0.15) is 0 Å². The predicted molar refractivity (Wildman–Crippen MR) is 93.1 cm³/mol. The fraction of sp³-hybridized carbons (Fsp3) is 0.278. The smallest absolute Gasteiger partial charge is 0.319 e. The van der Waals surface area contributed by atoms with Crippen LogP contribution >= 0.6 is 0 Å². The number of carbonyl (C=O) groups is 2. The number of benzene rings is 1. The average molecular weight is 324 g/mol. The molecular formula is C18H20N4O2. The van der Waals surface area contributed by atoms with Crippen LogP contribution in [0.5, 0.6) is 0 Å². The van der Waals surface area contributed by atoms with Crippen LogP contribution in [0.1, 0.15) is 17.5 Å². The van der Waals surface area contributed by atoms with E-state index in [9.17, 15) is 9.59 Å². The van der Waals surface area contributed by atoms with Gasteiger partial charge >= 0.3 is 6.03 Å². The monoisotopic (exact) mass is 324 g/mol. The zero-order valence-corrected chi connectivity index (χ0v) is 13.7. The molecule has 1 fully saturated rings. The lowest BCUT2D eigenvalue weighted by Crippen LogP contribution is -2.39. The van der Waals surface area contributed by atoms with Gasteiger partial charge in [0.15, 0.2) is 0 Å². The summed E-state index contributed by atoms with van der Waals surface area (Å²) < 4.78 is 0. The van der Waals surface area contributed by atoms with Gasteiger partial charge in [0, 0.05) is 36.7 Å². The third-order valence-electron chi connectivity index (χ3n) is 4.20. The lowest BCUT2D eigenvalue weighted by Gasteiger charge is -2.18. The van der Waals surface area contributed by atoms with Crippen LogP contribution in [0.25, 0.3) is 0 Å². The number of amides is 3. The maximum Gasteiger partial charge on any atom is 0.319 e. The van der Waals surface area contributed by atoms with Gasteiger partial charge in [-0.15, -0.1) is 0 Å². The first-order valence-electron chi connectivity index (χ1n) is 7.88. The normalized spacial score (nSPS) is 17.0. The number of hydrogen-bond donors (Lipinski definition) is 2. The summed E-state index contributed by atoms with van der Waals surface area (Å²) in [6, 6.07) is 8.85. The Morgan fingerprint density at radius 2 is 1.92 bits per heavy atom. The standard InChI is InChI=1S/C18H20N4O2/c1-12-3-4-16(9-13(12)2)22-11-15(10-17(22)23)21-18(24)20-14-5-7-19-8-6-14/h3-9,15H,10-11H2,1-2H3,(H2,19,20,21,24)/t15-/m0/s1. The van der Waals surface area contributed by atoms with Crippen LogP contribution in [0.15, 0.2) is 42.7 Å². The second-order valence-corrected chi connectivity index (χ2v) is 6.01. The molecule has 0 saturated carbocycles. The average Bonchev–Trinajstić information content (AvgIpc) is 2.91. The summed E-state index contributed by atoms with van der Waals surface area (Å²) in [6.45, 7) is 4.54. The molecule has 2 heterocycles. The summed E-state index contributed by atoms with van der Waals surface area (Å²) in [6.07, 6.45) is 3.52. The minimum absolute atomic E-state index is 0.0208. The van der Waals surface area contributed by atoms with Gasteiger partial charge in [-0.05, 0) is 49.2 Å². The predicted octanol–water partition coefficient (Wildman–Crippen LogP) is 2.63. The molecule has 1 aromatic carbocycles. The first kappa shape index (κ1) is 16.0. The van der Waals surface area contributed by atoms with Gasteiger partial charge in [-0.3, -0.25) is 9.78 Å². The summed E-state index contributed by atoms with van der Waals surface area (Å²) >= 11 is 0. The van der Waals surface area contributed by atoms with Crippen molar-refractivity contribution >= 4 is 23.3 Å². The number of nitrogens with one attached hydrogen (secondary N) is 2. The Kier molecular flexibility index (Phi) is 4.46. The number of nitrogens with zero attached hydrogens (tertiary/aromatic N) is 2. The van der Waals surface area contributed by atoms with Crippen LogP contribution in [0.3, 0.4) is 0 Å². The van der Waals surface area contributed by atoms with E-state index in [1.54, 1.807) is 29.4 Å². The number of anilines is 2. The number of hydrogen-bond acceptors (Lipinski definition) is 3. The number of rotatable bonds is 3. The van der Waals surface area contributed by atoms with E-state index in [4.69, 9.17) is 0 Å². The molecule has 0 radical (unpaired) electrons. The van der Waals surface area contributed by atoms with Crippen molar-refractivity contribution in [1.82, 2.24) is 10.3 Å². The number of urea groups is 1. The third kappa shape index (κ3) is 3.53. The molecule has 3 amide bonds. The molecule has 6 heteroatoms. The van der Waals surface area contributed by atoms with Crippen LogP contribution in [0.4, 0.5) is 16.2 Å². The molecule has 0 unspecified atom stereocenters. The Balaban J connectivity index is 1.62. The number of aromatic nitrogens is 1. The van der Waals surface area contributed by atoms with E-state index in [1.807, 2.05) is 32.0 Å². The van der Waals surface area contributed by atoms with E-state index in [0.717, 1.165) is 11.3 Å². The molecule has 6 nitrogen and oxygen atoms in total. The number of aryl methyl sites for hydroxylation is 2. The molecule has 0 aliphatic carbocycles. The first-order chi connectivity index (χ1) is 11.5. The largest absolute Gasteiger partial charge is 0.333 e. The molecule has 0 spiro atoms. The minimum atomic E-state index is -0.319. The van der Waals surface area contributed by atoms with Gasteiger partial charge in [0.05, 0.1) is 6.04 Å². The maximum absolute atomic E-state index is 12.3. The maximum atomic E-state index is 12.3. The van der Waals surface area contributed by atoms with E-state index in [2.05, 4.69) is 15.6 Å². The van der Waals surface area contributed by atoms with Gasteiger partial charge in [0.1, 0.15) is 0 Å². The fourth-order valence-corrected chi connectivity index (χ4v) is 2.74. The highest BCUT2D eigenvalue weighted by atomic mass is 16.2. The van der Waals surface area contributed by atoms with Crippen molar-refractivity contribution in [2.45, 2.75) is 26.3 Å². The Morgan fingerprint density at radius 1 is 1.17 bits per heavy atom. The molecule has 1 aromatic heterocycles. The van der Waals surface area contributed by atoms with E-state index in [0.29, 0.717) is 18.7 Å². The van der Waals surface area contributed by atoms with E-state index in [-0.39, 0.29) is 18.0 Å². The minimum Gasteiger partial charge on any atom is -0.333 e.